The van der Waals surface area contributed by atoms with Crippen LogP contribution in [-0.2, 0) is 6.18 Å². The van der Waals surface area contributed by atoms with E-state index in [-0.39, 0.29) is 11.1 Å². The van der Waals surface area contributed by atoms with Crippen molar-refractivity contribution in [3.63, 3.8) is 0 Å². The molecule has 2 aromatic carbocycles. The van der Waals surface area contributed by atoms with Crippen molar-refractivity contribution < 1.29 is 13.2 Å². The monoisotopic (exact) mass is 355 g/mol. The highest BCUT2D eigenvalue weighted by molar-refractivity contribution is 7.19. The molecule has 0 saturated heterocycles. The van der Waals surface area contributed by atoms with E-state index >= 15 is 0 Å². The minimum atomic E-state index is -4.44. The fourth-order valence-corrected chi connectivity index (χ4v) is 3.14. The second-order valence-corrected chi connectivity index (χ2v) is 6.14. The van der Waals surface area contributed by atoms with Crippen molar-refractivity contribution in [3.8, 4) is 12.1 Å². The molecule has 0 spiro atoms. The molecule has 0 aliphatic rings. The van der Waals surface area contributed by atoms with Gasteiger partial charge in [0.15, 0.2) is 0 Å². The van der Waals surface area contributed by atoms with Gasteiger partial charge >= 0.3 is 6.18 Å². The molecule has 122 valence electrons. The van der Waals surface area contributed by atoms with Crippen LogP contribution >= 0.6 is 11.3 Å². The summed E-state index contributed by atoms with van der Waals surface area (Å²) in [5, 5.41) is 18.6. The Morgan fingerprint density at radius 2 is 1.92 bits per heavy atom. The minimum absolute atomic E-state index is 0.196. The van der Waals surface area contributed by atoms with E-state index in [0.717, 1.165) is 23.5 Å². The summed E-state index contributed by atoms with van der Waals surface area (Å²) in [4.78, 5) is 4.16. The standard InChI is InChI=1S/C18H8F3N3S/c19-18(20,21)14-4-5-16-15(8-14)24-17(25-16)13(10-23)7-11-2-1-3-12(6-11)9-22/h1-8H. The van der Waals surface area contributed by atoms with Crippen LogP contribution in [-0.4, -0.2) is 4.98 Å². The highest BCUT2D eigenvalue weighted by Gasteiger charge is 2.30. The number of thiazole rings is 1. The van der Waals surface area contributed by atoms with Gasteiger partial charge in [0.2, 0.25) is 0 Å². The van der Waals surface area contributed by atoms with E-state index in [1.807, 2.05) is 12.1 Å². The maximum absolute atomic E-state index is 12.8. The molecule has 1 heterocycles. The molecule has 0 amide bonds. The number of aromatic nitrogens is 1. The van der Waals surface area contributed by atoms with Gasteiger partial charge in [-0.1, -0.05) is 12.1 Å². The van der Waals surface area contributed by atoms with E-state index in [2.05, 4.69) is 4.98 Å². The lowest BCUT2D eigenvalue weighted by Crippen LogP contribution is -2.03. The average Bonchev–Trinajstić information content (AvgIpc) is 3.02. The van der Waals surface area contributed by atoms with E-state index in [1.165, 1.54) is 6.07 Å². The molecule has 0 radical (unpaired) electrons. The van der Waals surface area contributed by atoms with E-state index < -0.39 is 11.7 Å². The summed E-state index contributed by atoms with van der Waals surface area (Å²) in [6, 6.07) is 14.0. The fourth-order valence-electron chi connectivity index (χ4n) is 2.23. The molecule has 0 aliphatic heterocycles. The normalized spacial score (nSPS) is 12.0. The Morgan fingerprint density at radius 3 is 2.60 bits per heavy atom. The first-order chi connectivity index (χ1) is 11.9. The summed E-state index contributed by atoms with van der Waals surface area (Å²) < 4.78 is 38.9. The van der Waals surface area contributed by atoms with Crippen LogP contribution in [0.3, 0.4) is 0 Å². The van der Waals surface area contributed by atoms with Crippen molar-refractivity contribution in [2.24, 2.45) is 0 Å². The van der Waals surface area contributed by atoms with Crippen LogP contribution in [0.5, 0.6) is 0 Å². The van der Waals surface area contributed by atoms with Gasteiger partial charge in [0.05, 0.1) is 33.0 Å². The molecular formula is C18H8F3N3S. The summed E-state index contributed by atoms with van der Waals surface area (Å²) >= 11 is 1.14. The minimum Gasteiger partial charge on any atom is -0.235 e. The van der Waals surface area contributed by atoms with Gasteiger partial charge in [0, 0.05) is 0 Å². The van der Waals surface area contributed by atoms with Gasteiger partial charge < -0.3 is 0 Å². The van der Waals surface area contributed by atoms with Crippen LogP contribution in [0, 0.1) is 22.7 Å². The van der Waals surface area contributed by atoms with Crippen molar-refractivity contribution in [2.75, 3.05) is 0 Å². The quantitative estimate of drug-likeness (QED) is 0.590. The molecule has 0 atom stereocenters. The van der Waals surface area contributed by atoms with Gasteiger partial charge in [0.1, 0.15) is 11.1 Å². The first-order valence-corrected chi connectivity index (χ1v) is 7.82. The molecule has 0 bridgehead atoms. The van der Waals surface area contributed by atoms with Crippen molar-refractivity contribution in [3.05, 3.63) is 64.2 Å². The van der Waals surface area contributed by atoms with Crippen LogP contribution in [0.4, 0.5) is 13.2 Å². The van der Waals surface area contributed by atoms with Crippen molar-refractivity contribution in [2.45, 2.75) is 6.18 Å². The van der Waals surface area contributed by atoms with Gasteiger partial charge in [-0.3, -0.25) is 0 Å². The van der Waals surface area contributed by atoms with Crippen molar-refractivity contribution in [1.82, 2.24) is 4.98 Å². The topological polar surface area (TPSA) is 60.5 Å². The van der Waals surface area contributed by atoms with Gasteiger partial charge in [0.25, 0.3) is 0 Å². The maximum atomic E-state index is 12.8. The average molecular weight is 355 g/mol. The third kappa shape index (κ3) is 3.52. The van der Waals surface area contributed by atoms with Gasteiger partial charge in [-0.05, 0) is 42.0 Å². The fraction of sp³-hybridized carbons (Fsp3) is 0.0556. The molecule has 0 aliphatic carbocycles. The molecule has 0 N–H and O–H groups in total. The van der Waals surface area contributed by atoms with Crippen LogP contribution in [0.1, 0.15) is 21.7 Å². The maximum Gasteiger partial charge on any atom is 0.416 e. The predicted molar refractivity (Wildman–Crippen MR) is 89.3 cm³/mol. The third-order valence-corrected chi connectivity index (χ3v) is 4.46. The molecule has 7 heteroatoms. The van der Waals surface area contributed by atoms with E-state index in [0.29, 0.717) is 20.8 Å². The summed E-state index contributed by atoms with van der Waals surface area (Å²) in [5.74, 6) is 0. The smallest absolute Gasteiger partial charge is 0.235 e. The Balaban J connectivity index is 2.05. The van der Waals surface area contributed by atoms with Crippen LogP contribution in [0.25, 0.3) is 21.9 Å². The molecule has 3 aromatic rings. The number of nitrogens with zero attached hydrogens (tertiary/aromatic N) is 3. The number of halogens is 3. The van der Waals surface area contributed by atoms with Crippen molar-refractivity contribution in [1.29, 1.82) is 10.5 Å². The predicted octanol–water partition coefficient (Wildman–Crippen LogP) is 5.25. The SMILES string of the molecule is N#CC(=Cc1cccc(C#N)c1)c1nc2cc(C(F)(F)F)ccc2s1. The molecule has 25 heavy (non-hydrogen) atoms. The third-order valence-electron chi connectivity index (χ3n) is 3.39. The molecule has 0 saturated carbocycles. The van der Waals surface area contributed by atoms with E-state index in [4.69, 9.17) is 5.26 Å². The molecule has 0 unspecified atom stereocenters. The number of hydrogen-bond donors (Lipinski definition) is 0. The number of benzene rings is 2. The number of fused-ring (bicyclic) bond motifs is 1. The second-order valence-electron chi connectivity index (χ2n) is 5.11. The molecular weight excluding hydrogens is 347 g/mol. The molecule has 3 nitrogen and oxygen atoms in total. The molecule has 0 fully saturated rings. The largest absolute Gasteiger partial charge is 0.416 e. The summed E-state index contributed by atoms with van der Waals surface area (Å²) in [7, 11) is 0. The first kappa shape index (κ1) is 16.7. The zero-order chi connectivity index (χ0) is 18.0. The number of nitriles is 2. The number of alkyl halides is 3. The van der Waals surface area contributed by atoms with Crippen molar-refractivity contribution >= 4 is 33.2 Å². The van der Waals surface area contributed by atoms with Gasteiger partial charge in [-0.2, -0.15) is 23.7 Å². The lowest BCUT2D eigenvalue weighted by atomic mass is 10.1. The lowest BCUT2D eigenvalue weighted by Gasteiger charge is -2.04. The number of allylic oxidation sites excluding steroid dienone is 1. The highest BCUT2D eigenvalue weighted by atomic mass is 32.1. The summed E-state index contributed by atoms with van der Waals surface area (Å²) in [6.45, 7) is 0. The Bertz CT molecular complexity index is 1070. The Kier molecular flexibility index (Phi) is 4.26. The number of rotatable bonds is 2. The van der Waals surface area contributed by atoms with Crippen LogP contribution < -0.4 is 0 Å². The van der Waals surface area contributed by atoms with Gasteiger partial charge in [-0.25, -0.2) is 4.98 Å². The molecule has 3 rings (SSSR count). The Labute approximate surface area is 144 Å². The highest BCUT2D eigenvalue weighted by Crippen LogP contribution is 2.34. The Hall–Kier alpha value is -3.16. The zero-order valence-corrected chi connectivity index (χ0v) is 13.3. The van der Waals surface area contributed by atoms with Crippen LogP contribution in [0.15, 0.2) is 42.5 Å². The summed E-state index contributed by atoms with van der Waals surface area (Å²) in [6.07, 6.45) is -2.88. The lowest BCUT2D eigenvalue weighted by molar-refractivity contribution is -0.137. The number of hydrogen-bond acceptors (Lipinski definition) is 4. The summed E-state index contributed by atoms with van der Waals surface area (Å²) in [5.41, 5.74) is 0.739. The van der Waals surface area contributed by atoms with E-state index in [1.54, 1.807) is 30.3 Å². The second kappa shape index (κ2) is 6.39. The van der Waals surface area contributed by atoms with E-state index in [9.17, 15) is 18.4 Å². The zero-order valence-electron chi connectivity index (χ0n) is 12.5. The molecule has 1 aromatic heterocycles. The van der Waals surface area contributed by atoms with Crippen LogP contribution in [0.2, 0.25) is 0 Å². The first-order valence-electron chi connectivity index (χ1n) is 7.01. The Morgan fingerprint density at radius 1 is 1.12 bits per heavy atom. The van der Waals surface area contributed by atoms with Gasteiger partial charge in [-0.15, -0.1) is 11.3 Å².